The molecule has 0 spiro atoms. The standard InChI is InChI=1S/C54H36N2/c1-3-13-37(14-4-1)43-21-11-23-45(29-43)49-33-50(46-24-12-22-44(30-46)38-15-5-2-6-16-38)35-51(34-49)53-36-52(47-27-25-39-17-7-9-19-41(39)31-47)55-54(56-53)48-28-26-40-18-8-10-20-42(40)32-48/h1-36H. The van der Waals surface area contributed by atoms with Crippen LogP contribution in [0.2, 0.25) is 0 Å². The van der Waals surface area contributed by atoms with Crippen LogP contribution in [0.4, 0.5) is 0 Å². The van der Waals surface area contributed by atoms with E-state index in [-0.39, 0.29) is 0 Å². The van der Waals surface area contributed by atoms with Gasteiger partial charge in [-0.05, 0) is 115 Å². The summed E-state index contributed by atoms with van der Waals surface area (Å²) in [5.74, 6) is 0.695. The molecule has 0 saturated heterocycles. The first-order valence-electron chi connectivity index (χ1n) is 19.0. The van der Waals surface area contributed by atoms with Gasteiger partial charge in [-0.2, -0.15) is 0 Å². The van der Waals surface area contributed by atoms with Gasteiger partial charge in [0.25, 0.3) is 0 Å². The molecule has 9 aromatic carbocycles. The summed E-state index contributed by atoms with van der Waals surface area (Å²) in [5, 5.41) is 4.73. The highest BCUT2D eigenvalue weighted by Crippen LogP contribution is 2.37. The summed E-state index contributed by atoms with van der Waals surface area (Å²) in [6, 6.07) is 77.9. The number of aromatic nitrogens is 2. The van der Waals surface area contributed by atoms with Gasteiger partial charge in [-0.1, -0.05) is 170 Å². The van der Waals surface area contributed by atoms with E-state index in [1.165, 1.54) is 38.4 Å². The molecule has 1 heterocycles. The first-order valence-corrected chi connectivity index (χ1v) is 19.0. The van der Waals surface area contributed by atoms with Crippen molar-refractivity contribution in [2.75, 3.05) is 0 Å². The topological polar surface area (TPSA) is 25.8 Å². The van der Waals surface area contributed by atoms with Crippen LogP contribution < -0.4 is 0 Å². The molecule has 0 aliphatic carbocycles. The van der Waals surface area contributed by atoms with Crippen LogP contribution in [0, 0.1) is 0 Å². The zero-order valence-corrected chi connectivity index (χ0v) is 30.7. The summed E-state index contributed by atoms with van der Waals surface area (Å²) in [7, 11) is 0. The quantitative estimate of drug-likeness (QED) is 0.164. The number of nitrogens with zero attached hydrogens (tertiary/aromatic N) is 2. The maximum atomic E-state index is 5.36. The fourth-order valence-corrected chi connectivity index (χ4v) is 7.68. The van der Waals surface area contributed by atoms with Crippen LogP contribution in [0.1, 0.15) is 0 Å². The average molecular weight is 713 g/mol. The molecule has 10 aromatic rings. The average Bonchev–Trinajstić information content (AvgIpc) is 3.29. The van der Waals surface area contributed by atoms with Crippen LogP contribution >= 0.6 is 0 Å². The van der Waals surface area contributed by atoms with E-state index in [1.807, 2.05) is 0 Å². The van der Waals surface area contributed by atoms with Gasteiger partial charge in [0.2, 0.25) is 0 Å². The van der Waals surface area contributed by atoms with Crippen LogP contribution in [0.15, 0.2) is 218 Å². The summed E-state index contributed by atoms with van der Waals surface area (Å²) < 4.78 is 0. The van der Waals surface area contributed by atoms with E-state index in [4.69, 9.17) is 9.97 Å². The second-order valence-electron chi connectivity index (χ2n) is 14.3. The van der Waals surface area contributed by atoms with E-state index in [2.05, 4.69) is 218 Å². The van der Waals surface area contributed by atoms with Crippen molar-refractivity contribution < 1.29 is 0 Å². The smallest absolute Gasteiger partial charge is 0.160 e. The molecule has 0 unspecified atom stereocenters. The Morgan fingerprint density at radius 1 is 0.196 bits per heavy atom. The van der Waals surface area contributed by atoms with Crippen LogP contribution in [0.5, 0.6) is 0 Å². The van der Waals surface area contributed by atoms with Gasteiger partial charge in [0, 0.05) is 16.7 Å². The number of rotatable bonds is 7. The van der Waals surface area contributed by atoms with Crippen molar-refractivity contribution in [2.45, 2.75) is 0 Å². The van der Waals surface area contributed by atoms with Crippen LogP contribution in [0.3, 0.4) is 0 Å². The monoisotopic (exact) mass is 712 g/mol. The van der Waals surface area contributed by atoms with Crippen molar-refractivity contribution in [3.63, 3.8) is 0 Å². The van der Waals surface area contributed by atoms with Crippen molar-refractivity contribution in [3.8, 4) is 78.4 Å². The minimum atomic E-state index is 0.695. The Balaban J connectivity index is 1.19. The molecule has 0 bridgehead atoms. The first kappa shape index (κ1) is 33.2. The molecular weight excluding hydrogens is 677 g/mol. The highest BCUT2D eigenvalue weighted by molar-refractivity contribution is 5.90. The Hall–Kier alpha value is -7.42. The molecule has 1 aromatic heterocycles. The lowest BCUT2D eigenvalue weighted by molar-refractivity contribution is 1.18. The van der Waals surface area contributed by atoms with Gasteiger partial charge in [-0.3, -0.25) is 0 Å². The highest BCUT2D eigenvalue weighted by atomic mass is 14.9. The van der Waals surface area contributed by atoms with Crippen molar-refractivity contribution in [1.29, 1.82) is 0 Å². The number of fused-ring (bicyclic) bond motifs is 2. The summed E-state index contributed by atoms with van der Waals surface area (Å²) in [5.41, 5.74) is 14.1. The van der Waals surface area contributed by atoms with Crippen LogP contribution in [-0.4, -0.2) is 9.97 Å². The van der Waals surface area contributed by atoms with Gasteiger partial charge in [0.15, 0.2) is 5.82 Å². The molecule has 0 amide bonds. The molecule has 262 valence electrons. The van der Waals surface area contributed by atoms with E-state index in [9.17, 15) is 0 Å². The van der Waals surface area contributed by atoms with E-state index in [1.54, 1.807) is 0 Å². The zero-order valence-electron chi connectivity index (χ0n) is 30.7. The van der Waals surface area contributed by atoms with Gasteiger partial charge in [0.05, 0.1) is 11.4 Å². The Morgan fingerprint density at radius 3 is 1.11 bits per heavy atom. The maximum Gasteiger partial charge on any atom is 0.160 e. The summed E-state index contributed by atoms with van der Waals surface area (Å²) in [4.78, 5) is 10.6. The van der Waals surface area contributed by atoms with Gasteiger partial charge >= 0.3 is 0 Å². The molecule has 0 atom stereocenters. The van der Waals surface area contributed by atoms with E-state index in [0.29, 0.717) is 5.82 Å². The lowest BCUT2D eigenvalue weighted by Crippen LogP contribution is -1.97. The van der Waals surface area contributed by atoms with Gasteiger partial charge in [-0.25, -0.2) is 9.97 Å². The fraction of sp³-hybridized carbons (Fsp3) is 0. The highest BCUT2D eigenvalue weighted by Gasteiger charge is 2.15. The SMILES string of the molecule is c1ccc(-c2cccc(-c3cc(-c4cccc(-c5ccccc5)c4)cc(-c4cc(-c5ccc6ccccc6c5)nc(-c5ccc6ccccc6c5)n4)c3)c2)cc1. The normalized spacial score (nSPS) is 11.2. The maximum absolute atomic E-state index is 5.36. The van der Waals surface area contributed by atoms with Crippen molar-refractivity contribution in [1.82, 2.24) is 9.97 Å². The Labute approximate surface area is 327 Å². The molecule has 0 saturated carbocycles. The van der Waals surface area contributed by atoms with E-state index >= 15 is 0 Å². The Bertz CT molecular complexity index is 2820. The lowest BCUT2D eigenvalue weighted by Gasteiger charge is -2.15. The molecule has 0 fully saturated rings. The molecule has 0 radical (unpaired) electrons. The molecule has 2 heteroatoms. The number of hydrogen-bond donors (Lipinski definition) is 0. The Morgan fingerprint density at radius 2 is 0.571 bits per heavy atom. The Kier molecular flexibility index (Phi) is 8.55. The molecule has 0 aliphatic heterocycles. The molecule has 10 rings (SSSR count). The third-order valence-electron chi connectivity index (χ3n) is 10.6. The van der Waals surface area contributed by atoms with E-state index < -0.39 is 0 Å². The van der Waals surface area contributed by atoms with Crippen LogP contribution in [-0.2, 0) is 0 Å². The fourth-order valence-electron chi connectivity index (χ4n) is 7.68. The third kappa shape index (κ3) is 6.66. The second kappa shape index (κ2) is 14.4. The van der Waals surface area contributed by atoms with Crippen molar-refractivity contribution in [3.05, 3.63) is 218 Å². The summed E-state index contributed by atoms with van der Waals surface area (Å²) >= 11 is 0. The van der Waals surface area contributed by atoms with E-state index in [0.717, 1.165) is 55.7 Å². The molecule has 56 heavy (non-hydrogen) atoms. The second-order valence-corrected chi connectivity index (χ2v) is 14.3. The summed E-state index contributed by atoms with van der Waals surface area (Å²) in [6.45, 7) is 0. The zero-order chi connectivity index (χ0) is 37.3. The van der Waals surface area contributed by atoms with Gasteiger partial charge < -0.3 is 0 Å². The molecule has 0 aliphatic rings. The first-order chi connectivity index (χ1) is 27.7. The number of hydrogen-bond acceptors (Lipinski definition) is 2. The third-order valence-corrected chi connectivity index (χ3v) is 10.6. The van der Waals surface area contributed by atoms with Gasteiger partial charge in [0.1, 0.15) is 0 Å². The minimum absolute atomic E-state index is 0.695. The molecule has 2 nitrogen and oxygen atoms in total. The predicted octanol–water partition coefficient (Wildman–Crippen LogP) is 14.5. The van der Waals surface area contributed by atoms with Gasteiger partial charge in [-0.15, -0.1) is 0 Å². The van der Waals surface area contributed by atoms with Crippen molar-refractivity contribution in [2.24, 2.45) is 0 Å². The molecular formula is C54H36N2. The summed E-state index contributed by atoms with van der Waals surface area (Å²) in [6.07, 6.45) is 0. The number of benzene rings is 9. The van der Waals surface area contributed by atoms with Crippen LogP contribution in [0.25, 0.3) is 100.0 Å². The van der Waals surface area contributed by atoms with Crippen molar-refractivity contribution >= 4 is 21.5 Å². The molecule has 0 N–H and O–H groups in total. The largest absolute Gasteiger partial charge is 0.228 e. The minimum Gasteiger partial charge on any atom is -0.228 e. The predicted molar refractivity (Wildman–Crippen MR) is 235 cm³/mol. The lowest BCUT2D eigenvalue weighted by atomic mass is 9.92.